The van der Waals surface area contributed by atoms with E-state index < -0.39 is 0 Å². The Morgan fingerprint density at radius 1 is 1.00 bits per heavy atom. The standard InChI is InChI=1S/C18H13FO/c1-10-11-5-2-3-6-12(11)17-14(10)9-16(20)13-7-4-8-15(19)18(13)17/h2-10,20H,1H3. The Bertz CT molecular complexity index is 851. The third kappa shape index (κ3) is 1.31. The van der Waals surface area contributed by atoms with Crippen LogP contribution in [0.3, 0.4) is 0 Å². The van der Waals surface area contributed by atoms with E-state index in [-0.39, 0.29) is 17.5 Å². The maximum Gasteiger partial charge on any atom is 0.131 e. The van der Waals surface area contributed by atoms with Crippen LogP contribution in [0.1, 0.15) is 24.0 Å². The summed E-state index contributed by atoms with van der Waals surface area (Å²) in [5.74, 6) is 0.0487. The summed E-state index contributed by atoms with van der Waals surface area (Å²) in [4.78, 5) is 0. The molecule has 4 rings (SSSR count). The van der Waals surface area contributed by atoms with Crippen LogP contribution in [0.5, 0.6) is 5.75 Å². The maximum absolute atomic E-state index is 14.3. The zero-order chi connectivity index (χ0) is 13.9. The molecule has 0 aliphatic heterocycles. The fourth-order valence-corrected chi connectivity index (χ4v) is 3.33. The van der Waals surface area contributed by atoms with Gasteiger partial charge in [0, 0.05) is 16.7 Å². The summed E-state index contributed by atoms with van der Waals surface area (Å²) in [5, 5.41) is 11.3. The molecule has 1 aliphatic carbocycles. The lowest BCUT2D eigenvalue weighted by Gasteiger charge is -2.11. The van der Waals surface area contributed by atoms with Gasteiger partial charge in [-0.3, -0.25) is 0 Å². The van der Waals surface area contributed by atoms with Gasteiger partial charge in [-0.15, -0.1) is 0 Å². The van der Waals surface area contributed by atoms with Crippen LogP contribution in [0.4, 0.5) is 4.39 Å². The molecule has 0 saturated heterocycles. The van der Waals surface area contributed by atoms with Crippen molar-refractivity contribution in [1.82, 2.24) is 0 Å². The topological polar surface area (TPSA) is 20.2 Å². The van der Waals surface area contributed by atoms with E-state index in [4.69, 9.17) is 0 Å². The molecular weight excluding hydrogens is 251 g/mol. The number of phenolic OH excluding ortho intramolecular Hbond substituents is 1. The van der Waals surface area contributed by atoms with Gasteiger partial charge in [0.25, 0.3) is 0 Å². The van der Waals surface area contributed by atoms with Crippen LogP contribution in [0.2, 0.25) is 0 Å². The summed E-state index contributed by atoms with van der Waals surface area (Å²) >= 11 is 0. The molecule has 1 nitrogen and oxygen atoms in total. The highest BCUT2D eigenvalue weighted by molar-refractivity contribution is 6.04. The highest BCUT2D eigenvalue weighted by Crippen LogP contribution is 2.50. The zero-order valence-electron chi connectivity index (χ0n) is 11.0. The molecule has 2 heteroatoms. The second-order valence-electron chi connectivity index (χ2n) is 5.33. The number of hydrogen-bond acceptors (Lipinski definition) is 1. The first kappa shape index (κ1) is 11.5. The van der Waals surface area contributed by atoms with Gasteiger partial charge in [0.15, 0.2) is 0 Å². The molecule has 1 aliphatic rings. The molecule has 1 N–H and O–H groups in total. The van der Waals surface area contributed by atoms with E-state index in [9.17, 15) is 9.50 Å². The molecule has 1 unspecified atom stereocenters. The average Bonchev–Trinajstić information content (AvgIpc) is 2.73. The molecule has 0 fully saturated rings. The maximum atomic E-state index is 14.3. The van der Waals surface area contributed by atoms with Crippen LogP contribution < -0.4 is 0 Å². The molecule has 0 bridgehead atoms. The number of benzene rings is 3. The van der Waals surface area contributed by atoms with Crippen molar-refractivity contribution in [2.75, 3.05) is 0 Å². The lowest BCUT2D eigenvalue weighted by Crippen LogP contribution is -1.91. The highest BCUT2D eigenvalue weighted by Gasteiger charge is 2.28. The van der Waals surface area contributed by atoms with E-state index in [0.29, 0.717) is 10.8 Å². The molecular formula is C18H13FO. The van der Waals surface area contributed by atoms with Gasteiger partial charge in [-0.1, -0.05) is 43.3 Å². The van der Waals surface area contributed by atoms with Gasteiger partial charge >= 0.3 is 0 Å². The molecule has 0 heterocycles. The molecule has 98 valence electrons. The monoisotopic (exact) mass is 264 g/mol. The Morgan fingerprint density at radius 2 is 1.80 bits per heavy atom. The highest BCUT2D eigenvalue weighted by atomic mass is 19.1. The van der Waals surface area contributed by atoms with Crippen LogP contribution >= 0.6 is 0 Å². The number of aromatic hydroxyl groups is 1. The van der Waals surface area contributed by atoms with E-state index in [2.05, 4.69) is 13.0 Å². The lowest BCUT2D eigenvalue weighted by molar-refractivity contribution is 0.480. The largest absolute Gasteiger partial charge is 0.507 e. The van der Waals surface area contributed by atoms with Crippen molar-refractivity contribution in [1.29, 1.82) is 0 Å². The summed E-state index contributed by atoms with van der Waals surface area (Å²) < 4.78 is 14.3. The van der Waals surface area contributed by atoms with E-state index in [1.54, 1.807) is 18.2 Å². The fraction of sp³-hybridized carbons (Fsp3) is 0.111. The minimum Gasteiger partial charge on any atom is -0.507 e. The van der Waals surface area contributed by atoms with E-state index in [1.165, 1.54) is 11.6 Å². The van der Waals surface area contributed by atoms with Crippen molar-refractivity contribution in [3.8, 4) is 16.9 Å². The van der Waals surface area contributed by atoms with Crippen LogP contribution in [0.25, 0.3) is 21.9 Å². The Balaban J connectivity index is 2.25. The van der Waals surface area contributed by atoms with Crippen molar-refractivity contribution in [3.05, 3.63) is 65.5 Å². The van der Waals surface area contributed by atoms with Crippen LogP contribution in [-0.4, -0.2) is 5.11 Å². The van der Waals surface area contributed by atoms with Gasteiger partial charge < -0.3 is 5.11 Å². The minimum absolute atomic E-state index is 0.151. The molecule has 20 heavy (non-hydrogen) atoms. The molecule has 0 aromatic heterocycles. The van der Waals surface area contributed by atoms with Crippen molar-refractivity contribution in [3.63, 3.8) is 0 Å². The molecule has 0 spiro atoms. The lowest BCUT2D eigenvalue weighted by atomic mass is 9.95. The second-order valence-corrected chi connectivity index (χ2v) is 5.33. The van der Waals surface area contributed by atoms with Gasteiger partial charge in [0.2, 0.25) is 0 Å². The molecule has 1 atom stereocenters. The van der Waals surface area contributed by atoms with Gasteiger partial charge in [0.05, 0.1) is 0 Å². The van der Waals surface area contributed by atoms with Gasteiger partial charge in [-0.05, 0) is 34.4 Å². The van der Waals surface area contributed by atoms with Gasteiger partial charge in [-0.2, -0.15) is 0 Å². The number of halogens is 1. The summed E-state index contributed by atoms with van der Waals surface area (Å²) in [5.41, 5.74) is 4.20. The number of fused-ring (bicyclic) bond motifs is 5. The predicted octanol–water partition coefficient (Wildman–Crippen LogP) is 4.82. The van der Waals surface area contributed by atoms with Crippen molar-refractivity contribution in [2.45, 2.75) is 12.8 Å². The first-order valence-electron chi connectivity index (χ1n) is 6.72. The normalized spacial score (nSPS) is 16.2. The zero-order valence-corrected chi connectivity index (χ0v) is 11.0. The van der Waals surface area contributed by atoms with Gasteiger partial charge in [0.1, 0.15) is 11.6 Å². The van der Waals surface area contributed by atoms with E-state index in [0.717, 1.165) is 16.7 Å². The summed E-state index contributed by atoms with van der Waals surface area (Å²) in [6, 6.07) is 14.7. The fourth-order valence-electron chi connectivity index (χ4n) is 3.33. The van der Waals surface area contributed by atoms with Gasteiger partial charge in [-0.25, -0.2) is 4.39 Å². The number of rotatable bonds is 0. The average molecular weight is 264 g/mol. The third-order valence-corrected chi connectivity index (χ3v) is 4.28. The number of phenols is 1. The first-order chi connectivity index (χ1) is 9.68. The quantitative estimate of drug-likeness (QED) is 0.617. The Kier molecular flexibility index (Phi) is 2.19. The molecule has 3 aromatic carbocycles. The van der Waals surface area contributed by atoms with Crippen molar-refractivity contribution >= 4 is 10.8 Å². The van der Waals surface area contributed by atoms with Crippen LogP contribution in [0.15, 0.2) is 48.5 Å². The first-order valence-corrected chi connectivity index (χ1v) is 6.72. The van der Waals surface area contributed by atoms with E-state index >= 15 is 0 Å². The molecule has 0 saturated carbocycles. The summed E-state index contributed by atoms with van der Waals surface area (Å²) in [7, 11) is 0. The Labute approximate surface area is 116 Å². The molecule has 3 aromatic rings. The number of hydrogen-bond donors (Lipinski definition) is 1. The third-order valence-electron chi connectivity index (χ3n) is 4.28. The Hall–Kier alpha value is -2.35. The smallest absolute Gasteiger partial charge is 0.131 e. The van der Waals surface area contributed by atoms with Crippen molar-refractivity contribution < 1.29 is 9.50 Å². The predicted molar refractivity (Wildman–Crippen MR) is 78.5 cm³/mol. The van der Waals surface area contributed by atoms with Crippen molar-refractivity contribution in [2.24, 2.45) is 0 Å². The molecule has 0 radical (unpaired) electrons. The van der Waals surface area contributed by atoms with Crippen LogP contribution in [-0.2, 0) is 0 Å². The molecule has 0 amide bonds. The van der Waals surface area contributed by atoms with Crippen LogP contribution in [0, 0.1) is 5.82 Å². The minimum atomic E-state index is -0.279. The second kappa shape index (κ2) is 3.83. The summed E-state index contributed by atoms with van der Waals surface area (Å²) in [6.07, 6.45) is 0. The summed E-state index contributed by atoms with van der Waals surface area (Å²) in [6.45, 7) is 2.09. The van der Waals surface area contributed by atoms with E-state index in [1.807, 2.05) is 18.2 Å². The SMILES string of the molecule is CC1c2ccccc2-c2c1cc(O)c1cccc(F)c21. The Morgan fingerprint density at radius 3 is 2.65 bits per heavy atom.